The van der Waals surface area contributed by atoms with Crippen LogP contribution in [0.2, 0.25) is 0 Å². The van der Waals surface area contributed by atoms with Gasteiger partial charge in [-0.2, -0.15) is 0 Å². The van der Waals surface area contributed by atoms with Gasteiger partial charge in [-0.15, -0.1) is 0 Å². The Balaban J connectivity index is 1.13. The number of carbonyl (C=O) groups is 2. The second-order valence-corrected chi connectivity index (χ2v) is 9.09. The molecule has 4 aromatic rings. The van der Waals surface area contributed by atoms with Crippen LogP contribution in [0, 0.1) is 0 Å². The average molecular weight is 541 g/mol. The fraction of sp³-hybridized carbons (Fsp3) is 0.0811. The van der Waals surface area contributed by atoms with Crippen molar-refractivity contribution in [2.24, 2.45) is 0 Å². The highest BCUT2D eigenvalue weighted by Gasteiger charge is 2.04. The lowest BCUT2D eigenvalue weighted by Gasteiger charge is -2.08. The number of ketones is 2. The molecule has 0 aromatic heterocycles. The summed E-state index contributed by atoms with van der Waals surface area (Å²) in [5, 5.41) is 0. The Hall–Kier alpha value is -5.22. The summed E-state index contributed by atoms with van der Waals surface area (Å²) in [6.07, 6.45) is 14.9. The van der Waals surface area contributed by atoms with Crippen molar-refractivity contribution in [3.8, 4) is 11.5 Å². The number of rotatable bonds is 14. The number of benzene rings is 4. The largest absolute Gasteiger partial charge is 0.493 e. The molecule has 0 fully saturated rings. The van der Waals surface area contributed by atoms with Crippen LogP contribution in [0.4, 0.5) is 0 Å². The van der Waals surface area contributed by atoms with E-state index in [-0.39, 0.29) is 11.6 Å². The van der Waals surface area contributed by atoms with Crippen LogP contribution in [-0.4, -0.2) is 24.8 Å². The molecule has 204 valence electrons. The van der Waals surface area contributed by atoms with Crippen molar-refractivity contribution < 1.29 is 19.1 Å². The van der Waals surface area contributed by atoms with E-state index < -0.39 is 0 Å². The van der Waals surface area contributed by atoms with E-state index >= 15 is 0 Å². The summed E-state index contributed by atoms with van der Waals surface area (Å²) in [5.41, 5.74) is 3.37. The Morgan fingerprint density at radius 2 is 0.878 bits per heavy atom. The zero-order valence-corrected chi connectivity index (χ0v) is 22.8. The normalized spacial score (nSPS) is 11.5. The van der Waals surface area contributed by atoms with E-state index in [4.69, 9.17) is 9.47 Å². The fourth-order valence-electron chi connectivity index (χ4n) is 3.81. The van der Waals surface area contributed by atoms with Crippen LogP contribution in [-0.2, 0) is 0 Å². The number of hydrogen-bond donors (Lipinski definition) is 0. The van der Waals surface area contributed by atoms with Gasteiger partial charge < -0.3 is 9.47 Å². The van der Waals surface area contributed by atoms with E-state index in [0.717, 1.165) is 11.1 Å². The Bertz CT molecular complexity index is 1380. The van der Waals surface area contributed by atoms with E-state index in [9.17, 15) is 9.59 Å². The van der Waals surface area contributed by atoms with Crippen LogP contribution in [0.3, 0.4) is 0 Å². The highest BCUT2D eigenvalue weighted by Crippen LogP contribution is 2.15. The third kappa shape index (κ3) is 10.1. The van der Waals surface area contributed by atoms with Crippen molar-refractivity contribution in [1.29, 1.82) is 0 Å². The molecule has 4 rings (SSSR count). The van der Waals surface area contributed by atoms with Crippen LogP contribution in [0.15, 0.2) is 146 Å². The molecule has 4 nitrogen and oxygen atoms in total. The van der Waals surface area contributed by atoms with Crippen molar-refractivity contribution in [2.45, 2.75) is 6.42 Å². The van der Waals surface area contributed by atoms with Gasteiger partial charge in [0, 0.05) is 17.5 Å². The second kappa shape index (κ2) is 16.0. The summed E-state index contributed by atoms with van der Waals surface area (Å²) in [7, 11) is 0. The Kier molecular flexibility index (Phi) is 11.2. The van der Waals surface area contributed by atoms with Gasteiger partial charge in [-0.1, -0.05) is 97.1 Å². The molecule has 0 amide bonds. The molecule has 4 heteroatoms. The SMILES string of the molecule is O=C(/C=C/C=C/c1ccccc1)c1ccc(OCCCOc2ccc(C(=O)/C=C/C=C/c3ccccc3)cc2)cc1. The predicted octanol–water partition coefficient (Wildman–Crippen LogP) is 8.44. The predicted molar refractivity (Wildman–Crippen MR) is 166 cm³/mol. The van der Waals surface area contributed by atoms with E-state index in [1.54, 1.807) is 72.8 Å². The Morgan fingerprint density at radius 3 is 1.27 bits per heavy atom. The molecule has 0 radical (unpaired) electrons. The summed E-state index contributed by atoms with van der Waals surface area (Å²) in [4.78, 5) is 24.7. The van der Waals surface area contributed by atoms with Gasteiger partial charge in [0.1, 0.15) is 11.5 Å². The highest BCUT2D eigenvalue weighted by molar-refractivity contribution is 6.05. The molecular formula is C37H32O4. The Labute approximate surface area is 241 Å². The molecule has 0 bridgehead atoms. The molecule has 0 N–H and O–H groups in total. The molecule has 0 spiro atoms. The highest BCUT2D eigenvalue weighted by atomic mass is 16.5. The Morgan fingerprint density at radius 1 is 0.488 bits per heavy atom. The van der Waals surface area contributed by atoms with Crippen LogP contribution in [0.25, 0.3) is 12.2 Å². The maximum atomic E-state index is 12.4. The van der Waals surface area contributed by atoms with Crippen molar-refractivity contribution in [3.63, 3.8) is 0 Å². The van der Waals surface area contributed by atoms with E-state index in [2.05, 4.69) is 0 Å². The molecule has 0 saturated carbocycles. The van der Waals surface area contributed by atoms with Crippen LogP contribution in [0.1, 0.15) is 38.3 Å². The molecule has 0 atom stereocenters. The minimum Gasteiger partial charge on any atom is -0.493 e. The molecule has 0 unspecified atom stereocenters. The van der Waals surface area contributed by atoms with Gasteiger partial charge in [0.15, 0.2) is 11.6 Å². The third-order valence-electron chi connectivity index (χ3n) is 6.00. The maximum Gasteiger partial charge on any atom is 0.185 e. The lowest BCUT2D eigenvalue weighted by Crippen LogP contribution is -2.05. The summed E-state index contributed by atoms with van der Waals surface area (Å²) >= 11 is 0. The zero-order valence-electron chi connectivity index (χ0n) is 22.8. The fourth-order valence-corrected chi connectivity index (χ4v) is 3.81. The standard InChI is InChI=1S/C37H32O4/c38-36(18-9-7-16-30-12-3-1-4-13-30)32-20-24-34(25-21-32)40-28-11-29-41-35-26-22-33(23-27-35)37(39)19-10-8-17-31-14-5-2-6-15-31/h1-10,12-27H,11,28-29H2/b16-7+,17-8+,18-9+,19-10+. The first-order chi connectivity index (χ1) is 20.2. The summed E-state index contributed by atoms with van der Waals surface area (Å²) in [6, 6.07) is 34.1. The van der Waals surface area contributed by atoms with Gasteiger partial charge in [0.25, 0.3) is 0 Å². The maximum absolute atomic E-state index is 12.4. The molecule has 41 heavy (non-hydrogen) atoms. The summed E-state index contributed by atoms with van der Waals surface area (Å²) in [6.45, 7) is 0.963. The van der Waals surface area contributed by atoms with Gasteiger partial charge in [0.05, 0.1) is 13.2 Å². The average Bonchev–Trinajstić information content (AvgIpc) is 3.02. The topological polar surface area (TPSA) is 52.6 Å². The molecule has 0 heterocycles. The van der Waals surface area contributed by atoms with Crippen LogP contribution < -0.4 is 9.47 Å². The second-order valence-electron chi connectivity index (χ2n) is 9.09. The lowest BCUT2D eigenvalue weighted by atomic mass is 10.1. The molecule has 0 aliphatic carbocycles. The smallest absolute Gasteiger partial charge is 0.185 e. The van der Waals surface area contributed by atoms with Crippen molar-refractivity contribution in [1.82, 2.24) is 0 Å². The molecule has 0 aliphatic heterocycles. The van der Waals surface area contributed by atoms with Crippen LogP contribution >= 0.6 is 0 Å². The first kappa shape index (κ1) is 28.8. The first-order valence-electron chi connectivity index (χ1n) is 13.5. The molecule has 0 saturated heterocycles. The van der Waals surface area contributed by atoms with Gasteiger partial charge >= 0.3 is 0 Å². The van der Waals surface area contributed by atoms with Crippen molar-refractivity contribution in [2.75, 3.05) is 13.2 Å². The zero-order chi connectivity index (χ0) is 28.5. The van der Waals surface area contributed by atoms with Crippen molar-refractivity contribution in [3.05, 3.63) is 168 Å². The van der Waals surface area contributed by atoms with E-state index in [1.807, 2.05) is 85.0 Å². The van der Waals surface area contributed by atoms with Gasteiger partial charge in [-0.3, -0.25) is 9.59 Å². The van der Waals surface area contributed by atoms with Crippen LogP contribution in [0.5, 0.6) is 11.5 Å². The van der Waals surface area contributed by atoms with Gasteiger partial charge in [-0.05, 0) is 71.8 Å². The van der Waals surface area contributed by atoms with Gasteiger partial charge in [0.2, 0.25) is 0 Å². The molecule has 0 aliphatic rings. The molecular weight excluding hydrogens is 508 g/mol. The first-order valence-corrected chi connectivity index (χ1v) is 13.5. The number of hydrogen-bond acceptors (Lipinski definition) is 4. The summed E-state index contributed by atoms with van der Waals surface area (Å²) < 4.78 is 11.5. The van der Waals surface area contributed by atoms with Gasteiger partial charge in [-0.25, -0.2) is 0 Å². The minimum atomic E-state index is -0.0636. The number of ether oxygens (including phenoxy) is 2. The lowest BCUT2D eigenvalue weighted by molar-refractivity contribution is 0.103. The summed E-state index contributed by atoms with van der Waals surface area (Å²) in [5.74, 6) is 1.27. The van der Waals surface area contributed by atoms with E-state index in [1.165, 1.54) is 0 Å². The third-order valence-corrected chi connectivity index (χ3v) is 6.00. The minimum absolute atomic E-state index is 0.0636. The molecule has 4 aromatic carbocycles. The van der Waals surface area contributed by atoms with Crippen molar-refractivity contribution >= 4 is 23.7 Å². The number of carbonyl (C=O) groups excluding carboxylic acids is 2. The number of allylic oxidation sites excluding steroid dienone is 6. The van der Waals surface area contributed by atoms with E-state index in [0.29, 0.717) is 42.3 Å². The quantitative estimate of drug-likeness (QED) is 0.0697. The monoisotopic (exact) mass is 540 g/mol.